The average molecular weight is 497 g/mol. The van der Waals surface area contributed by atoms with E-state index >= 15 is 0 Å². The first-order valence-electron chi connectivity index (χ1n) is 11.4. The molecule has 0 bridgehead atoms. The molecule has 1 aliphatic rings. The lowest BCUT2D eigenvalue weighted by molar-refractivity contribution is -0.137. The third-order valence-electron chi connectivity index (χ3n) is 6.00. The second kappa shape index (κ2) is 10.3. The van der Waals surface area contributed by atoms with Gasteiger partial charge in [0, 0.05) is 54.2 Å². The minimum Gasteiger partial charge on any atom is -0.397 e. The molecule has 5 N–H and O–H groups in total. The fourth-order valence-corrected chi connectivity index (χ4v) is 4.06. The van der Waals surface area contributed by atoms with Gasteiger partial charge in [-0.2, -0.15) is 13.2 Å². The monoisotopic (exact) mass is 496 g/mol. The lowest BCUT2D eigenvalue weighted by Gasteiger charge is -2.21. The van der Waals surface area contributed by atoms with Gasteiger partial charge in [0.15, 0.2) is 0 Å². The number of hydrogen-bond acceptors (Lipinski definition) is 6. The number of anilines is 3. The number of nitrogens with two attached hydrogens (primary N) is 2. The van der Waals surface area contributed by atoms with Gasteiger partial charge in [-0.1, -0.05) is 6.07 Å². The van der Waals surface area contributed by atoms with E-state index in [4.69, 9.17) is 11.6 Å². The van der Waals surface area contributed by atoms with Gasteiger partial charge in [-0.3, -0.25) is 14.8 Å². The van der Waals surface area contributed by atoms with Crippen LogP contribution in [0.25, 0.3) is 5.70 Å². The fraction of sp³-hybridized carbons (Fsp3) is 0.231. The number of carbonyl (C=O) groups is 1. The first kappa shape index (κ1) is 25.1. The number of aryl methyl sites for hydroxylation is 1. The Kier molecular flexibility index (Phi) is 7.16. The number of carbonyl (C=O) groups excluding carboxylic acids is 1. The highest BCUT2D eigenvalue weighted by Crippen LogP contribution is 2.35. The topological polar surface area (TPSA) is 101 Å². The number of nitrogens with one attached hydrogen (secondary N) is 1. The molecule has 7 nitrogen and oxygen atoms in total. The number of benzene rings is 2. The van der Waals surface area contributed by atoms with Gasteiger partial charge in [0.25, 0.3) is 5.91 Å². The molecular formula is C26H27F3N6O. The quantitative estimate of drug-likeness (QED) is 0.332. The molecule has 1 aromatic heterocycles. The molecule has 0 spiro atoms. The predicted molar refractivity (Wildman–Crippen MR) is 135 cm³/mol. The fourth-order valence-electron chi connectivity index (χ4n) is 4.06. The Morgan fingerprint density at radius 2 is 1.86 bits per heavy atom. The Morgan fingerprint density at radius 1 is 1.11 bits per heavy atom. The summed E-state index contributed by atoms with van der Waals surface area (Å²) in [5, 5.41) is 3.91. The highest BCUT2D eigenvalue weighted by molar-refractivity contribution is 6.05. The number of nitrogens with zero attached hydrogens (tertiary/aromatic N) is 3. The molecule has 4 rings (SSSR count). The summed E-state index contributed by atoms with van der Waals surface area (Å²) in [5.41, 5.74) is 8.40. The molecule has 0 aliphatic carbocycles. The number of rotatable bonds is 6. The molecule has 0 saturated carbocycles. The van der Waals surface area contributed by atoms with Gasteiger partial charge in [-0.15, -0.1) is 0 Å². The summed E-state index contributed by atoms with van der Waals surface area (Å²) in [6.07, 6.45) is 2.03. The first-order chi connectivity index (χ1) is 17.1. The summed E-state index contributed by atoms with van der Waals surface area (Å²) in [6, 6.07) is 12.0. The SMILES string of the molecule is Cc1ccc(C(=O)Nc2cc(N3CCCC3)cc(C(F)(F)F)c2)cc1N(N)/C=C(\N)c1cccnc1. The van der Waals surface area contributed by atoms with Crippen LogP contribution in [0.4, 0.5) is 30.2 Å². The van der Waals surface area contributed by atoms with Crippen LogP contribution in [-0.2, 0) is 6.18 Å². The summed E-state index contributed by atoms with van der Waals surface area (Å²) < 4.78 is 40.6. The van der Waals surface area contributed by atoms with Crippen LogP contribution in [0.15, 0.2) is 67.1 Å². The summed E-state index contributed by atoms with van der Waals surface area (Å²) >= 11 is 0. The van der Waals surface area contributed by atoms with Crippen molar-refractivity contribution in [2.45, 2.75) is 25.9 Å². The second-order valence-electron chi connectivity index (χ2n) is 8.65. The van der Waals surface area contributed by atoms with Gasteiger partial charge in [-0.05, 0) is 67.8 Å². The van der Waals surface area contributed by atoms with Gasteiger partial charge >= 0.3 is 6.18 Å². The highest BCUT2D eigenvalue weighted by Gasteiger charge is 2.32. The average Bonchev–Trinajstić information content (AvgIpc) is 3.39. The maximum absolute atomic E-state index is 13.5. The van der Waals surface area contributed by atoms with Gasteiger partial charge in [-0.25, -0.2) is 5.84 Å². The van der Waals surface area contributed by atoms with Crippen molar-refractivity contribution in [2.75, 3.05) is 28.3 Å². The lowest BCUT2D eigenvalue weighted by Crippen LogP contribution is -2.27. The Labute approximate surface area is 207 Å². The number of hydrogen-bond donors (Lipinski definition) is 3. The van der Waals surface area contributed by atoms with Crippen LogP contribution in [0.1, 0.15) is 39.9 Å². The van der Waals surface area contributed by atoms with E-state index < -0.39 is 17.6 Å². The van der Waals surface area contributed by atoms with E-state index in [1.165, 1.54) is 11.2 Å². The minimum absolute atomic E-state index is 0.0733. The van der Waals surface area contributed by atoms with Crippen LogP contribution in [0.3, 0.4) is 0 Å². The largest absolute Gasteiger partial charge is 0.416 e. The van der Waals surface area contributed by atoms with Gasteiger partial charge < -0.3 is 16.0 Å². The Bertz CT molecular complexity index is 1270. The molecule has 0 atom stereocenters. The van der Waals surface area contributed by atoms with Crippen molar-refractivity contribution in [3.63, 3.8) is 0 Å². The smallest absolute Gasteiger partial charge is 0.397 e. The van der Waals surface area contributed by atoms with E-state index in [0.717, 1.165) is 30.5 Å². The van der Waals surface area contributed by atoms with E-state index in [2.05, 4.69) is 10.3 Å². The van der Waals surface area contributed by atoms with Crippen molar-refractivity contribution >= 4 is 28.7 Å². The zero-order chi connectivity index (χ0) is 25.9. The molecule has 36 heavy (non-hydrogen) atoms. The van der Waals surface area contributed by atoms with E-state index in [0.29, 0.717) is 35.7 Å². The maximum Gasteiger partial charge on any atom is 0.416 e. The van der Waals surface area contributed by atoms with Crippen LogP contribution in [0.2, 0.25) is 0 Å². The second-order valence-corrected chi connectivity index (χ2v) is 8.65. The van der Waals surface area contributed by atoms with Crippen LogP contribution in [0.5, 0.6) is 0 Å². The highest BCUT2D eigenvalue weighted by atomic mass is 19.4. The van der Waals surface area contributed by atoms with Gasteiger partial charge in [0.1, 0.15) is 0 Å². The molecule has 0 unspecified atom stereocenters. The van der Waals surface area contributed by atoms with Crippen molar-refractivity contribution in [3.8, 4) is 0 Å². The van der Waals surface area contributed by atoms with Crippen molar-refractivity contribution < 1.29 is 18.0 Å². The number of alkyl halides is 3. The third-order valence-corrected chi connectivity index (χ3v) is 6.00. The number of halogens is 3. The maximum atomic E-state index is 13.5. The van der Waals surface area contributed by atoms with E-state index in [9.17, 15) is 18.0 Å². The predicted octanol–water partition coefficient (Wildman–Crippen LogP) is 4.90. The van der Waals surface area contributed by atoms with E-state index in [-0.39, 0.29) is 11.3 Å². The summed E-state index contributed by atoms with van der Waals surface area (Å²) in [5.74, 6) is 5.65. The van der Waals surface area contributed by atoms with Gasteiger partial charge in [0.2, 0.25) is 0 Å². The summed E-state index contributed by atoms with van der Waals surface area (Å²) in [7, 11) is 0. The van der Waals surface area contributed by atoms with Crippen molar-refractivity contribution in [1.82, 2.24) is 4.98 Å². The molecule has 2 aromatic carbocycles. The van der Waals surface area contributed by atoms with Crippen LogP contribution in [0, 0.1) is 6.92 Å². The molecule has 188 valence electrons. The lowest BCUT2D eigenvalue weighted by atomic mass is 10.1. The van der Waals surface area contributed by atoms with Crippen molar-refractivity contribution in [2.24, 2.45) is 11.6 Å². The number of aromatic nitrogens is 1. The van der Waals surface area contributed by atoms with Gasteiger partial charge in [0.05, 0.1) is 16.9 Å². The summed E-state index contributed by atoms with van der Waals surface area (Å²) in [4.78, 5) is 18.9. The molecule has 1 saturated heterocycles. The molecule has 10 heteroatoms. The Balaban J connectivity index is 1.59. The third kappa shape index (κ3) is 5.77. The number of pyridine rings is 1. The normalized spacial score (nSPS) is 14.1. The molecule has 2 heterocycles. The van der Waals surface area contributed by atoms with E-state index in [1.54, 1.807) is 48.8 Å². The standard InChI is InChI=1S/C26H27F3N6O/c1-17-6-7-18(11-24(17)35(31)16-23(30)19-5-4-8-32-15-19)25(36)33-21-12-20(26(27,28)29)13-22(14-21)34-9-2-3-10-34/h4-8,11-16H,2-3,9-10,30-31H2,1H3,(H,33,36)/b23-16-. The molecular weight excluding hydrogens is 469 g/mol. The number of amides is 1. The summed E-state index contributed by atoms with van der Waals surface area (Å²) in [6.45, 7) is 3.18. The number of hydrazine groups is 1. The minimum atomic E-state index is -4.53. The molecule has 0 radical (unpaired) electrons. The van der Waals surface area contributed by atoms with Crippen molar-refractivity contribution in [3.05, 3.63) is 89.4 Å². The zero-order valence-corrected chi connectivity index (χ0v) is 19.7. The van der Waals surface area contributed by atoms with Crippen molar-refractivity contribution in [1.29, 1.82) is 0 Å². The Hall–Kier alpha value is -4.05. The van der Waals surface area contributed by atoms with E-state index in [1.807, 2.05) is 11.8 Å². The van der Waals surface area contributed by atoms with Crippen LogP contribution < -0.4 is 26.8 Å². The molecule has 1 fully saturated rings. The molecule has 3 aromatic rings. The molecule has 1 aliphatic heterocycles. The van der Waals surface area contributed by atoms with Crippen LogP contribution >= 0.6 is 0 Å². The zero-order valence-electron chi connectivity index (χ0n) is 19.7. The van der Waals surface area contributed by atoms with Crippen LogP contribution in [-0.4, -0.2) is 24.0 Å². The Morgan fingerprint density at radius 3 is 2.53 bits per heavy atom. The molecule has 1 amide bonds. The first-order valence-corrected chi connectivity index (χ1v) is 11.4.